The Morgan fingerprint density at radius 1 is 1.22 bits per heavy atom. The van der Waals surface area contributed by atoms with Gasteiger partial charge in [0, 0.05) is 33.4 Å². The van der Waals surface area contributed by atoms with Crippen LogP contribution < -0.4 is 10.7 Å². The van der Waals surface area contributed by atoms with Crippen molar-refractivity contribution in [3.63, 3.8) is 0 Å². The number of carbonyl (C=O) groups excluding carboxylic acids is 1. The Labute approximate surface area is 138 Å². The molecule has 0 aliphatic rings. The molecule has 0 fully saturated rings. The van der Waals surface area contributed by atoms with E-state index in [0.717, 1.165) is 22.2 Å². The quantitative estimate of drug-likeness (QED) is 0.497. The van der Waals surface area contributed by atoms with Crippen LogP contribution in [0.5, 0.6) is 0 Å². The first-order chi connectivity index (χ1) is 11.2. The molecule has 0 aliphatic carbocycles. The van der Waals surface area contributed by atoms with Gasteiger partial charge < -0.3 is 10.3 Å². The van der Waals surface area contributed by atoms with Crippen molar-refractivity contribution in [1.82, 2.24) is 10.4 Å². The molecule has 1 amide bonds. The van der Waals surface area contributed by atoms with Crippen molar-refractivity contribution < 1.29 is 4.79 Å². The molecular weight excluding hydrogens is 312 g/mol. The van der Waals surface area contributed by atoms with Gasteiger partial charge >= 0.3 is 0 Å². The number of benzene rings is 2. The molecule has 0 saturated carbocycles. The lowest BCUT2D eigenvalue weighted by atomic mass is 10.2. The van der Waals surface area contributed by atoms with Gasteiger partial charge in [-0.05, 0) is 24.3 Å². The van der Waals surface area contributed by atoms with Gasteiger partial charge in [-0.1, -0.05) is 35.9 Å². The molecule has 0 atom stereocenters. The lowest BCUT2D eigenvalue weighted by Crippen LogP contribution is -2.25. The molecule has 116 valence electrons. The third-order valence-electron chi connectivity index (χ3n) is 3.29. The van der Waals surface area contributed by atoms with Crippen molar-refractivity contribution in [3.8, 4) is 0 Å². The summed E-state index contributed by atoms with van der Waals surface area (Å²) in [6.45, 7) is 0.117. The Morgan fingerprint density at radius 3 is 2.96 bits per heavy atom. The van der Waals surface area contributed by atoms with Gasteiger partial charge in [0.1, 0.15) is 0 Å². The number of nitrogens with one attached hydrogen (secondary N) is 3. The number of para-hydroxylation sites is 1. The van der Waals surface area contributed by atoms with E-state index in [2.05, 4.69) is 20.8 Å². The molecule has 5 nitrogen and oxygen atoms in total. The number of halogens is 1. The van der Waals surface area contributed by atoms with Crippen molar-refractivity contribution in [2.75, 3.05) is 11.9 Å². The van der Waals surface area contributed by atoms with Crippen LogP contribution in [0.4, 0.5) is 5.69 Å². The standard InChI is InChI=1S/C17H15ClN4O/c18-13-4-3-5-14(8-13)19-11-17(23)22-21-10-12-9-20-16-7-2-1-6-15(12)16/h1-10,19-20H,11H2,(H,22,23)/b21-10+. The van der Waals surface area contributed by atoms with Crippen LogP contribution in [0.25, 0.3) is 10.9 Å². The normalized spacial score (nSPS) is 11.0. The molecule has 0 spiro atoms. The van der Waals surface area contributed by atoms with E-state index in [1.165, 1.54) is 0 Å². The van der Waals surface area contributed by atoms with E-state index in [4.69, 9.17) is 11.6 Å². The zero-order valence-electron chi connectivity index (χ0n) is 12.2. The molecule has 3 N–H and O–H groups in total. The van der Waals surface area contributed by atoms with Crippen LogP contribution in [0.1, 0.15) is 5.56 Å². The number of amides is 1. The third-order valence-corrected chi connectivity index (χ3v) is 3.53. The van der Waals surface area contributed by atoms with Gasteiger partial charge in [-0.2, -0.15) is 5.10 Å². The number of H-pyrrole nitrogens is 1. The predicted molar refractivity (Wildman–Crippen MR) is 94.0 cm³/mol. The highest BCUT2D eigenvalue weighted by molar-refractivity contribution is 6.30. The van der Waals surface area contributed by atoms with Gasteiger partial charge in [-0.25, -0.2) is 5.43 Å². The summed E-state index contributed by atoms with van der Waals surface area (Å²) in [5, 5.41) is 8.64. The first-order valence-corrected chi connectivity index (χ1v) is 7.47. The molecule has 6 heteroatoms. The van der Waals surface area contributed by atoms with Gasteiger partial charge in [0.2, 0.25) is 0 Å². The number of aromatic amines is 1. The summed E-state index contributed by atoms with van der Waals surface area (Å²) in [4.78, 5) is 14.9. The Balaban J connectivity index is 1.54. The van der Waals surface area contributed by atoms with Crippen molar-refractivity contribution >= 4 is 40.3 Å². The minimum absolute atomic E-state index is 0.117. The number of fused-ring (bicyclic) bond motifs is 1. The fraction of sp³-hybridized carbons (Fsp3) is 0.0588. The minimum atomic E-state index is -0.235. The van der Waals surface area contributed by atoms with Crippen LogP contribution in [-0.4, -0.2) is 23.7 Å². The van der Waals surface area contributed by atoms with E-state index in [1.54, 1.807) is 18.3 Å². The second-order valence-corrected chi connectivity index (χ2v) is 5.38. The summed E-state index contributed by atoms with van der Waals surface area (Å²) in [5.41, 5.74) is 5.23. The van der Waals surface area contributed by atoms with E-state index < -0.39 is 0 Å². The van der Waals surface area contributed by atoms with Crippen LogP contribution >= 0.6 is 11.6 Å². The second kappa shape index (κ2) is 6.98. The average Bonchev–Trinajstić information content (AvgIpc) is 2.97. The van der Waals surface area contributed by atoms with Crippen LogP contribution in [0.2, 0.25) is 5.02 Å². The van der Waals surface area contributed by atoms with E-state index in [-0.39, 0.29) is 12.5 Å². The lowest BCUT2D eigenvalue weighted by Gasteiger charge is -2.05. The summed E-state index contributed by atoms with van der Waals surface area (Å²) in [6.07, 6.45) is 3.47. The van der Waals surface area contributed by atoms with E-state index in [0.29, 0.717) is 5.02 Å². The Hall–Kier alpha value is -2.79. The summed E-state index contributed by atoms with van der Waals surface area (Å²) in [6, 6.07) is 15.1. The van der Waals surface area contributed by atoms with Crippen molar-refractivity contribution in [1.29, 1.82) is 0 Å². The zero-order chi connectivity index (χ0) is 16.1. The highest BCUT2D eigenvalue weighted by Gasteiger charge is 2.02. The number of anilines is 1. The maximum Gasteiger partial charge on any atom is 0.259 e. The Kier molecular flexibility index (Phi) is 4.59. The number of nitrogens with zero attached hydrogens (tertiary/aromatic N) is 1. The number of rotatable bonds is 5. The number of aromatic nitrogens is 1. The molecule has 0 saturated heterocycles. The molecule has 3 aromatic rings. The number of carbonyl (C=O) groups is 1. The molecule has 0 bridgehead atoms. The smallest absolute Gasteiger partial charge is 0.259 e. The fourth-order valence-corrected chi connectivity index (χ4v) is 2.39. The van der Waals surface area contributed by atoms with Crippen LogP contribution in [0.15, 0.2) is 59.8 Å². The average molecular weight is 327 g/mol. The number of hydrogen-bond donors (Lipinski definition) is 3. The highest BCUT2D eigenvalue weighted by Crippen LogP contribution is 2.16. The van der Waals surface area contributed by atoms with Crippen LogP contribution in [0.3, 0.4) is 0 Å². The van der Waals surface area contributed by atoms with Gasteiger partial charge in [0.15, 0.2) is 0 Å². The van der Waals surface area contributed by atoms with E-state index >= 15 is 0 Å². The maximum absolute atomic E-state index is 11.8. The van der Waals surface area contributed by atoms with E-state index in [1.807, 2.05) is 42.6 Å². The maximum atomic E-state index is 11.8. The summed E-state index contributed by atoms with van der Waals surface area (Å²) >= 11 is 5.88. The van der Waals surface area contributed by atoms with Crippen molar-refractivity contribution in [3.05, 3.63) is 65.3 Å². The van der Waals surface area contributed by atoms with Gasteiger partial charge in [0.05, 0.1) is 12.8 Å². The summed E-state index contributed by atoms with van der Waals surface area (Å²) in [5.74, 6) is -0.235. The molecule has 2 aromatic carbocycles. The Morgan fingerprint density at radius 2 is 2.09 bits per heavy atom. The second-order valence-electron chi connectivity index (χ2n) is 4.95. The summed E-state index contributed by atoms with van der Waals surface area (Å²) in [7, 11) is 0. The molecule has 0 radical (unpaired) electrons. The zero-order valence-corrected chi connectivity index (χ0v) is 13.0. The topological polar surface area (TPSA) is 69.3 Å². The molecule has 0 aliphatic heterocycles. The SMILES string of the molecule is O=C(CNc1cccc(Cl)c1)N/N=C/c1c[nH]c2ccccc12. The van der Waals surface area contributed by atoms with Gasteiger partial charge in [-0.15, -0.1) is 0 Å². The number of hydrazone groups is 1. The van der Waals surface area contributed by atoms with Crippen LogP contribution in [-0.2, 0) is 4.79 Å². The highest BCUT2D eigenvalue weighted by atomic mass is 35.5. The fourth-order valence-electron chi connectivity index (χ4n) is 2.19. The first-order valence-electron chi connectivity index (χ1n) is 7.10. The van der Waals surface area contributed by atoms with Gasteiger partial charge in [0.25, 0.3) is 5.91 Å². The largest absolute Gasteiger partial charge is 0.376 e. The molecule has 1 heterocycles. The molecule has 3 rings (SSSR count). The molecule has 1 aromatic heterocycles. The molecule has 0 unspecified atom stereocenters. The lowest BCUT2D eigenvalue weighted by molar-refractivity contribution is -0.119. The summed E-state index contributed by atoms with van der Waals surface area (Å²) < 4.78 is 0. The van der Waals surface area contributed by atoms with Crippen molar-refractivity contribution in [2.45, 2.75) is 0 Å². The molecular formula is C17H15ClN4O. The van der Waals surface area contributed by atoms with Crippen LogP contribution in [0, 0.1) is 0 Å². The molecule has 23 heavy (non-hydrogen) atoms. The third kappa shape index (κ3) is 3.90. The van der Waals surface area contributed by atoms with E-state index in [9.17, 15) is 4.79 Å². The monoisotopic (exact) mass is 326 g/mol. The number of hydrogen-bond acceptors (Lipinski definition) is 3. The van der Waals surface area contributed by atoms with Crippen molar-refractivity contribution in [2.24, 2.45) is 5.10 Å². The Bertz CT molecular complexity index is 856. The first kappa shape index (κ1) is 15.1. The predicted octanol–water partition coefficient (Wildman–Crippen LogP) is 3.38. The van der Waals surface area contributed by atoms with Gasteiger partial charge in [-0.3, -0.25) is 4.79 Å². The minimum Gasteiger partial charge on any atom is -0.376 e.